The van der Waals surface area contributed by atoms with E-state index in [1.54, 1.807) is 13.2 Å². The number of anilines is 1. The van der Waals surface area contributed by atoms with E-state index in [-0.39, 0.29) is 11.8 Å². The van der Waals surface area contributed by atoms with Crippen LogP contribution in [0.15, 0.2) is 48.5 Å². The molecule has 0 spiro atoms. The number of carbonyl (C=O) groups excluding carboxylic acids is 2. The van der Waals surface area contributed by atoms with Crippen molar-refractivity contribution in [2.75, 3.05) is 38.6 Å². The van der Waals surface area contributed by atoms with Crippen molar-refractivity contribution in [2.45, 2.75) is 19.8 Å². The van der Waals surface area contributed by atoms with E-state index in [1.165, 1.54) is 12.8 Å². The molecule has 0 bridgehead atoms. The summed E-state index contributed by atoms with van der Waals surface area (Å²) in [6.07, 6.45) is 4.24. The number of amides is 2. The quantitative estimate of drug-likeness (QED) is 0.449. The highest BCUT2D eigenvalue weighted by atomic mass is 16.5. The van der Waals surface area contributed by atoms with Crippen molar-refractivity contribution in [1.82, 2.24) is 15.2 Å². The zero-order chi connectivity index (χ0) is 24.4. The first-order chi connectivity index (χ1) is 17.0. The summed E-state index contributed by atoms with van der Waals surface area (Å²) < 4.78 is 5.40. The van der Waals surface area contributed by atoms with Gasteiger partial charge in [0.25, 0.3) is 11.8 Å². The summed E-state index contributed by atoms with van der Waals surface area (Å²) in [5.41, 5.74) is 5.99. The fraction of sp³-hybridized carbons (Fsp3) is 0.286. The predicted octanol–water partition coefficient (Wildman–Crippen LogP) is 4.32. The summed E-state index contributed by atoms with van der Waals surface area (Å²) in [5.74, 6) is 0.416. The molecule has 2 aliphatic rings. The first-order valence-electron chi connectivity index (χ1n) is 12.0. The lowest BCUT2D eigenvalue weighted by atomic mass is 9.94. The Morgan fingerprint density at radius 1 is 1.14 bits per heavy atom. The standard InChI is InChI=1S/C28H30N4O3/c1-18-15-22(27(33)29-11-14-32-12-3-4-13-32)25(30-18)17-23-26-21(9-6-10-24(26)31-28(23)34)19-7-5-8-20(16-19)35-2/h5-10,15-17,30H,3-4,11-14H2,1-2H3,(H,29,33)(H,31,34)/b23-17-. The minimum Gasteiger partial charge on any atom is -0.497 e. The van der Waals surface area contributed by atoms with Gasteiger partial charge in [-0.15, -0.1) is 0 Å². The molecule has 0 saturated carbocycles. The second-order valence-corrected chi connectivity index (χ2v) is 9.06. The molecule has 5 rings (SSSR count). The molecule has 0 atom stereocenters. The number of methoxy groups -OCH3 is 1. The lowest BCUT2D eigenvalue weighted by Crippen LogP contribution is -2.33. The van der Waals surface area contributed by atoms with Crippen molar-refractivity contribution >= 4 is 29.2 Å². The molecule has 0 radical (unpaired) electrons. The molecule has 2 aromatic carbocycles. The van der Waals surface area contributed by atoms with Crippen LogP contribution in [0.3, 0.4) is 0 Å². The van der Waals surface area contributed by atoms with E-state index in [4.69, 9.17) is 4.74 Å². The monoisotopic (exact) mass is 470 g/mol. The molecule has 3 N–H and O–H groups in total. The molecular formula is C28H30N4O3. The number of aromatic nitrogens is 1. The lowest BCUT2D eigenvalue weighted by Gasteiger charge is -2.14. The second kappa shape index (κ2) is 9.80. The average Bonchev–Trinajstić information content (AvgIpc) is 3.59. The second-order valence-electron chi connectivity index (χ2n) is 9.06. The number of benzene rings is 2. The first-order valence-corrected chi connectivity index (χ1v) is 12.0. The minimum absolute atomic E-state index is 0.139. The molecular weight excluding hydrogens is 440 g/mol. The number of aromatic amines is 1. The van der Waals surface area contributed by atoms with Crippen LogP contribution in [0.4, 0.5) is 5.69 Å². The normalized spacial score (nSPS) is 16.4. The fourth-order valence-corrected chi connectivity index (χ4v) is 4.90. The Morgan fingerprint density at radius 3 is 2.74 bits per heavy atom. The molecule has 0 unspecified atom stereocenters. The maximum atomic E-state index is 13.0. The van der Waals surface area contributed by atoms with E-state index in [9.17, 15) is 9.59 Å². The zero-order valence-electron chi connectivity index (χ0n) is 20.1. The van der Waals surface area contributed by atoms with Crippen LogP contribution < -0.4 is 15.4 Å². The first kappa shape index (κ1) is 22.9. The van der Waals surface area contributed by atoms with Crippen LogP contribution in [0.2, 0.25) is 0 Å². The van der Waals surface area contributed by atoms with Gasteiger partial charge >= 0.3 is 0 Å². The van der Waals surface area contributed by atoms with Crippen LogP contribution in [-0.2, 0) is 4.79 Å². The Balaban J connectivity index is 1.46. The molecule has 1 fully saturated rings. The molecule has 180 valence electrons. The summed E-state index contributed by atoms with van der Waals surface area (Å²) in [4.78, 5) is 31.7. The largest absolute Gasteiger partial charge is 0.497 e. The molecule has 2 aliphatic heterocycles. The van der Waals surface area contributed by atoms with Crippen molar-refractivity contribution < 1.29 is 14.3 Å². The summed E-state index contributed by atoms with van der Waals surface area (Å²) in [6, 6.07) is 15.4. The molecule has 7 nitrogen and oxygen atoms in total. The highest BCUT2D eigenvalue weighted by molar-refractivity contribution is 6.36. The van der Waals surface area contributed by atoms with Gasteiger partial charge in [-0.1, -0.05) is 24.3 Å². The van der Waals surface area contributed by atoms with Crippen LogP contribution in [0, 0.1) is 6.92 Å². The Kier molecular flexibility index (Phi) is 6.42. The highest BCUT2D eigenvalue weighted by Gasteiger charge is 2.28. The number of likely N-dealkylation sites (tertiary alicyclic amines) is 1. The van der Waals surface area contributed by atoms with Crippen molar-refractivity contribution in [3.63, 3.8) is 0 Å². The van der Waals surface area contributed by atoms with Gasteiger partial charge in [0.1, 0.15) is 5.75 Å². The Bertz CT molecular complexity index is 1300. The van der Waals surface area contributed by atoms with Gasteiger partial charge in [-0.3, -0.25) is 9.59 Å². The van der Waals surface area contributed by atoms with Gasteiger partial charge in [-0.05, 0) is 74.3 Å². The van der Waals surface area contributed by atoms with E-state index >= 15 is 0 Å². The number of rotatable bonds is 7. The van der Waals surface area contributed by atoms with Crippen LogP contribution in [0.25, 0.3) is 22.8 Å². The van der Waals surface area contributed by atoms with E-state index in [0.717, 1.165) is 53.5 Å². The van der Waals surface area contributed by atoms with E-state index in [0.29, 0.717) is 23.4 Å². The zero-order valence-corrected chi connectivity index (χ0v) is 20.1. The number of ether oxygens (including phenoxy) is 1. The van der Waals surface area contributed by atoms with Crippen LogP contribution in [0.1, 0.15) is 40.2 Å². The Hall–Kier alpha value is -3.84. The van der Waals surface area contributed by atoms with Gasteiger partial charge in [-0.25, -0.2) is 0 Å². The third-order valence-corrected chi connectivity index (χ3v) is 6.64. The maximum Gasteiger partial charge on any atom is 0.256 e. The minimum atomic E-state index is -0.192. The number of H-pyrrole nitrogens is 1. The average molecular weight is 471 g/mol. The summed E-state index contributed by atoms with van der Waals surface area (Å²) >= 11 is 0. The maximum absolute atomic E-state index is 13.0. The van der Waals surface area contributed by atoms with Gasteiger partial charge < -0.3 is 25.3 Å². The molecule has 7 heteroatoms. The number of nitrogens with one attached hydrogen (secondary N) is 3. The third kappa shape index (κ3) is 4.72. The van der Waals surface area contributed by atoms with Gasteiger partial charge in [0.05, 0.1) is 23.9 Å². The molecule has 1 aromatic heterocycles. The lowest BCUT2D eigenvalue weighted by molar-refractivity contribution is -0.110. The van der Waals surface area contributed by atoms with Crippen molar-refractivity contribution in [3.05, 3.63) is 71.0 Å². The number of carbonyl (C=O) groups is 2. The van der Waals surface area contributed by atoms with E-state index < -0.39 is 0 Å². The van der Waals surface area contributed by atoms with Crippen molar-refractivity contribution in [1.29, 1.82) is 0 Å². The molecule has 0 aliphatic carbocycles. The Morgan fingerprint density at radius 2 is 1.94 bits per heavy atom. The summed E-state index contributed by atoms with van der Waals surface area (Å²) in [7, 11) is 1.64. The highest BCUT2D eigenvalue weighted by Crippen LogP contribution is 2.41. The number of aryl methyl sites for hydroxylation is 1. The van der Waals surface area contributed by atoms with E-state index in [1.807, 2.05) is 55.5 Å². The van der Waals surface area contributed by atoms with Crippen LogP contribution in [0.5, 0.6) is 5.75 Å². The topological polar surface area (TPSA) is 86.5 Å². The molecule has 3 aromatic rings. The number of nitrogens with zero attached hydrogens (tertiary/aromatic N) is 1. The van der Waals surface area contributed by atoms with Gasteiger partial charge in [-0.2, -0.15) is 0 Å². The molecule has 2 amide bonds. The number of hydrogen-bond acceptors (Lipinski definition) is 4. The van der Waals surface area contributed by atoms with Crippen molar-refractivity contribution in [3.8, 4) is 16.9 Å². The van der Waals surface area contributed by atoms with E-state index in [2.05, 4.69) is 20.5 Å². The molecule has 35 heavy (non-hydrogen) atoms. The molecule has 3 heterocycles. The number of fused-ring (bicyclic) bond motifs is 1. The predicted molar refractivity (Wildman–Crippen MR) is 138 cm³/mol. The van der Waals surface area contributed by atoms with Crippen molar-refractivity contribution in [2.24, 2.45) is 0 Å². The summed E-state index contributed by atoms with van der Waals surface area (Å²) in [6.45, 7) is 5.56. The SMILES string of the molecule is COc1cccc(-c2cccc3c2/C(=C/c2[nH]c(C)cc2C(=O)NCCN2CCCC2)C(=O)N3)c1. The summed E-state index contributed by atoms with van der Waals surface area (Å²) in [5, 5.41) is 6.01. The van der Waals surface area contributed by atoms with Gasteiger partial charge in [0, 0.05) is 30.0 Å². The van der Waals surface area contributed by atoms with Crippen LogP contribution in [-0.4, -0.2) is 55.0 Å². The smallest absolute Gasteiger partial charge is 0.256 e. The van der Waals surface area contributed by atoms with Gasteiger partial charge in [0.2, 0.25) is 0 Å². The number of hydrogen-bond donors (Lipinski definition) is 3. The third-order valence-electron chi connectivity index (χ3n) is 6.64. The van der Waals surface area contributed by atoms with Crippen LogP contribution >= 0.6 is 0 Å². The Labute approximate surface area is 205 Å². The molecule has 1 saturated heterocycles. The fourth-order valence-electron chi connectivity index (χ4n) is 4.90. The van der Waals surface area contributed by atoms with Gasteiger partial charge in [0.15, 0.2) is 0 Å².